The Morgan fingerprint density at radius 3 is 2.54 bits per heavy atom. The molecule has 2 aromatic carbocycles. The maximum absolute atomic E-state index is 13.2. The van der Waals surface area contributed by atoms with Crippen LogP contribution < -0.4 is 4.90 Å². The molecule has 0 saturated carbocycles. The van der Waals surface area contributed by atoms with Crippen LogP contribution in [-0.2, 0) is 6.54 Å². The van der Waals surface area contributed by atoms with Crippen molar-refractivity contribution in [2.75, 3.05) is 50.4 Å². The van der Waals surface area contributed by atoms with Crippen molar-refractivity contribution in [2.45, 2.75) is 30.3 Å². The number of piperazine rings is 1. The fourth-order valence-corrected chi connectivity index (χ4v) is 4.98. The SMILES string of the molecule is CSc1cccc(CN2CCCC(N3CCN(c4ccc(F)cc4)CC3)C2)c1. The molecule has 0 radical (unpaired) electrons. The Hall–Kier alpha value is -1.56. The molecule has 2 aromatic rings. The van der Waals surface area contributed by atoms with Gasteiger partial charge in [0.05, 0.1) is 0 Å². The van der Waals surface area contributed by atoms with Gasteiger partial charge in [-0.25, -0.2) is 4.39 Å². The van der Waals surface area contributed by atoms with Crippen LogP contribution in [0, 0.1) is 5.82 Å². The first-order valence-electron chi connectivity index (χ1n) is 10.3. The summed E-state index contributed by atoms with van der Waals surface area (Å²) in [6.45, 7) is 7.67. The van der Waals surface area contributed by atoms with Crippen molar-refractivity contribution in [1.82, 2.24) is 9.80 Å². The van der Waals surface area contributed by atoms with Gasteiger partial charge in [0.2, 0.25) is 0 Å². The van der Waals surface area contributed by atoms with E-state index in [1.54, 1.807) is 12.1 Å². The van der Waals surface area contributed by atoms with E-state index in [4.69, 9.17) is 0 Å². The molecular formula is C23H30FN3S. The molecule has 2 heterocycles. The summed E-state index contributed by atoms with van der Waals surface area (Å²) in [6.07, 6.45) is 4.73. The number of rotatable bonds is 5. The number of benzene rings is 2. The lowest BCUT2D eigenvalue weighted by atomic mass is 10.0. The minimum atomic E-state index is -0.159. The van der Waals surface area contributed by atoms with E-state index < -0.39 is 0 Å². The van der Waals surface area contributed by atoms with E-state index in [1.165, 1.54) is 36.4 Å². The quantitative estimate of drug-likeness (QED) is 0.692. The van der Waals surface area contributed by atoms with Gasteiger partial charge < -0.3 is 4.90 Å². The molecule has 2 fully saturated rings. The fraction of sp³-hybridized carbons (Fsp3) is 0.478. The van der Waals surface area contributed by atoms with E-state index in [2.05, 4.69) is 45.2 Å². The standard InChI is InChI=1S/C23H30FN3S/c1-28-23-6-2-4-19(16-23)17-25-11-3-5-22(18-25)27-14-12-26(13-15-27)21-9-7-20(24)8-10-21/h2,4,6-10,16,22H,3,5,11-15,17-18H2,1H3. The van der Waals surface area contributed by atoms with Crippen LogP contribution in [0.4, 0.5) is 10.1 Å². The molecule has 0 amide bonds. The van der Waals surface area contributed by atoms with Gasteiger partial charge in [0.25, 0.3) is 0 Å². The van der Waals surface area contributed by atoms with E-state index in [0.717, 1.165) is 38.4 Å². The van der Waals surface area contributed by atoms with Crippen molar-refractivity contribution in [2.24, 2.45) is 0 Å². The zero-order valence-corrected chi connectivity index (χ0v) is 17.5. The Kier molecular flexibility index (Phi) is 6.55. The van der Waals surface area contributed by atoms with Crippen molar-refractivity contribution in [3.8, 4) is 0 Å². The Balaban J connectivity index is 1.30. The second-order valence-electron chi connectivity index (χ2n) is 7.88. The summed E-state index contributed by atoms with van der Waals surface area (Å²) >= 11 is 1.82. The highest BCUT2D eigenvalue weighted by Gasteiger charge is 2.28. The highest BCUT2D eigenvalue weighted by atomic mass is 32.2. The van der Waals surface area contributed by atoms with Gasteiger partial charge in [0, 0.05) is 55.9 Å². The van der Waals surface area contributed by atoms with Gasteiger partial charge in [0.1, 0.15) is 5.82 Å². The molecule has 1 unspecified atom stereocenters. The van der Waals surface area contributed by atoms with Crippen molar-refractivity contribution in [3.63, 3.8) is 0 Å². The number of thioether (sulfide) groups is 1. The zero-order chi connectivity index (χ0) is 19.3. The molecule has 0 N–H and O–H groups in total. The Bertz CT molecular complexity index is 759. The molecule has 0 spiro atoms. The Morgan fingerprint density at radius 1 is 1.00 bits per heavy atom. The van der Waals surface area contributed by atoms with Gasteiger partial charge in [-0.15, -0.1) is 11.8 Å². The molecule has 3 nitrogen and oxygen atoms in total. The van der Waals surface area contributed by atoms with Crippen LogP contribution in [0.3, 0.4) is 0 Å². The first kappa shape index (κ1) is 19.7. The summed E-state index contributed by atoms with van der Waals surface area (Å²) in [7, 11) is 0. The second-order valence-corrected chi connectivity index (χ2v) is 8.76. The largest absolute Gasteiger partial charge is 0.369 e. The third-order valence-electron chi connectivity index (χ3n) is 6.04. The number of anilines is 1. The number of hydrogen-bond donors (Lipinski definition) is 0. The summed E-state index contributed by atoms with van der Waals surface area (Å²) in [5, 5.41) is 0. The maximum Gasteiger partial charge on any atom is 0.123 e. The van der Waals surface area contributed by atoms with Gasteiger partial charge >= 0.3 is 0 Å². The van der Waals surface area contributed by atoms with E-state index in [9.17, 15) is 4.39 Å². The minimum absolute atomic E-state index is 0.159. The van der Waals surface area contributed by atoms with Gasteiger partial charge in [-0.3, -0.25) is 9.80 Å². The number of piperidine rings is 1. The summed E-state index contributed by atoms with van der Waals surface area (Å²) in [4.78, 5) is 9.03. The molecule has 4 rings (SSSR count). The van der Waals surface area contributed by atoms with Crippen LogP contribution >= 0.6 is 11.8 Å². The first-order chi connectivity index (χ1) is 13.7. The summed E-state index contributed by atoms with van der Waals surface area (Å²) in [6, 6.07) is 16.5. The Morgan fingerprint density at radius 2 is 1.79 bits per heavy atom. The average Bonchev–Trinajstić information content (AvgIpc) is 2.75. The number of hydrogen-bond acceptors (Lipinski definition) is 4. The molecule has 28 heavy (non-hydrogen) atoms. The first-order valence-corrected chi connectivity index (χ1v) is 11.5. The van der Waals surface area contributed by atoms with Crippen LogP contribution in [0.2, 0.25) is 0 Å². The smallest absolute Gasteiger partial charge is 0.123 e. The zero-order valence-electron chi connectivity index (χ0n) is 16.7. The number of nitrogens with zero attached hydrogens (tertiary/aromatic N) is 3. The maximum atomic E-state index is 13.2. The molecule has 0 bridgehead atoms. The summed E-state index contributed by atoms with van der Waals surface area (Å²) in [5.41, 5.74) is 2.56. The molecule has 0 aliphatic carbocycles. The van der Waals surface area contributed by atoms with Crippen LogP contribution in [-0.4, -0.2) is 61.4 Å². The molecule has 2 aliphatic heterocycles. The van der Waals surface area contributed by atoms with Crippen LogP contribution in [0.15, 0.2) is 53.4 Å². The normalized spacial score (nSPS) is 21.8. The van der Waals surface area contributed by atoms with Crippen LogP contribution in [0.1, 0.15) is 18.4 Å². The number of halogens is 1. The van der Waals surface area contributed by atoms with E-state index in [1.807, 2.05) is 23.9 Å². The molecule has 1 atom stereocenters. The Labute approximate surface area is 172 Å². The fourth-order valence-electron chi connectivity index (χ4n) is 4.50. The van der Waals surface area contributed by atoms with Gasteiger partial charge in [-0.1, -0.05) is 12.1 Å². The highest BCUT2D eigenvalue weighted by molar-refractivity contribution is 7.98. The lowest BCUT2D eigenvalue weighted by Gasteiger charge is -2.44. The molecule has 5 heteroatoms. The predicted octanol–water partition coefficient (Wildman–Crippen LogP) is 4.33. The lowest BCUT2D eigenvalue weighted by Crippen LogP contribution is -2.55. The molecule has 2 aliphatic rings. The van der Waals surface area contributed by atoms with E-state index in [0.29, 0.717) is 6.04 Å². The van der Waals surface area contributed by atoms with Crippen molar-refractivity contribution >= 4 is 17.4 Å². The predicted molar refractivity (Wildman–Crippen MR) is 117 cm³/mol. The van der Waals surface area contributed by atoms with Crippen LogP contribution in [0.5, 0.6) is 0 Å². The lowest BCUT2D eigenvalue weighted by molar-refractivity contribution is 0.0887. The number of likely N-dealkylation sites (tertiary alicyclic amines) is 1. The minimum Gasteiger partial charge on any atom is -0.369 e. The summed E-state index contributed by atoms with van der Waals surface area (Å²) < 4.78 is 13.2. The van der Waals surface area contributed by atoms with Gasteiger partial charge in [-0.05, 0) is 67.6 Å². The van der Waals surface area contributed by atoms with Crippen LogP contribution in [0.25, 0.3) is 0 Å². The van der Waals surface area contributed by atoms with Gasteiger partial charge in [-0.2, -0.15) is 0 Å². The third kappa shape index (κ3) is 4.88. The molecule has 150 valence electrons. The van der Waals surface area contributed by atoms with E-state index in [-0.39, 0.29) is 5.82 Å². The second kappa shape index (κ2) is 9.29. The van der Waals surface area contributed by atoms with Crippen molar-refractivity contribution in [1.29, 1.82) is 0 Å². The topological polar surface area (TPSA) is 9.72 Å². The average molecular weight is 400 g/mol. The van der Waals surface area contributed by atoms with Gasteiger partial charge in [0.15, 0.2) is 0 Å². The molecular weight excluding hydrogens is 369 g/mol. The third-order valence-corrected chi connectivity index (χ3v) is 6.77. The highest BCUT2D eigenvalue weighted by Crippen LogP contribution is 2.23. The molecule has 0 aromatic heterocycles. The van der Waals surface area contributed by atoms with Crippen molar-refractivity contribution < 1.29 is 4.39 Å². The monoisotopic (exact) mass is 399 g/mol. The van der Waals surface area contributed by atoms with Crippen molar-refractivity contribution in [3.05, 3.63) is 59.9 Å². The molecule has 2 saturated heterocycles. The van der Waals surface area contributed by atoms with E-state index >= 15 is 0 Å². The summed E-state index contributed by atoms with van der Waals surface area (Å²) in [5.74, 6) is -0.159.